The number of benzene rings is 4. The summed E-state index contributed by atoms with van der Waals surface area (Å²) in [5.41, 5.74) is 14.3. The van der Waals surface area contributed by atoms with E-state index in [1.165, 1.54) is 17.6 Å². The van der Waals surface area contributed by atoms with Crippen molar-refractivity contribution in [3.05, 3.63) is 131 Å². The van der Waals surface area contributed by atoms with Crippen LogP contribution in [0.5, 0.6) is 11.5 Å². The Balaban J connectivity index is 1.01. The van der Waals surface area contributed by atoms with Gasteiger partial charge in [0, 0.05) is 74.8 Å². The minimum absolute atomic E-state index is 0.0138. The Bertz CT molecular complexity index is 2760. The molecular weight excluding hydrogens is 937 g/mol. The van der Waals surface area contributed by atoms with Crippen LogP contribution >= 0.6 is 0 Å². The van der Waals surface area contributed by atoms with Gasteiger partial charge in [-0.2, -0.15) is 0 Å². The SMILES string of the molecule is C=C(/C=C(/N)CC(OC)N1c2ccccc2C[C@H]1C)OCc1cc(COc2cc3c(cc2OC)C(=O)N2c4ccccc4C[C@H]2CN3)cc(N(C)C(=O)CNC(=O)CNC(=O)CNC(=O)CCCCC(=O)O)c1. The molecule has 0 radical (unpaired) electrons. The molecule has 0 aliphatic carbocycles. The summed E-state index contributed by atoms with van der Waals surface area (Å²) in [6.45, 7) is 5.62. The van der Waals surface area contributed by atoms with E-state index in [1.807, 2.05) is 47.4 Å². The Morgan fingerprint density at radius 1 is 0.849 bits per heavy atom. The average Bonchev–Trinajstić information content (AvgIpc) is 3.89. The van der Waals surface area contributed by atoms with Crippen LogP contribution in [0.2, 0.25) is 0 Å². The number of para-hydroxylation sites is 2. The molecule has 4 aromatic rings. The standard InChI is InChI=1S/C54H64N8O11/c1-33-18-37-12-6-8-14-44(37)61(33)52(71-5)24-39(55)19-34(2)72-31-35-20-36(22-40(21-35)60(3)51(66)30-59-50(65)29-58-49(64)28-57-48(63)16-10-11-17-53(67)68)32-73-47-26-43-42(25-46(47)70-4)54(69)62-41(27-56-43)23-38-13-7-9-15-45(38)62/h6-9,12-15,19-22,25-26,33,41,52,56H,2,10-11,16-18,23-24,27-32,55H2,1,3-5H3,(H,57,63)(H,58,64)(H,59,65)(H,67,68)/b39-19+/t33-,41+,52?/m1/s1. The van der Waals surface area contributed by atoms with Gasteiger partial charge in [0.25, 0.3) is 5.91 Å². The number of aliphatic carboxylic acids is 1. The topological polar surface area (TPSA) is 243 Å². The quantitative estimate of drug-likeness (QED) is 0.0311. The second-order valence-corrected chi connectivity index (χ2v) is 18.2. The third-order valence-corrected chi connectivity index (χ3v) is 12.9. The van der Waals surface area contributed by atoms with Crippen LogP contribution in [-0.4, -0.2) is 106 Å². The predicted molar refractivity (Wildman–Crippen MR) is 275 cm³/mol. The van der Waals surface area contributed by atoms with E-state index in [-0.39, 0.29) is 56.8 Å². The van der Waals surface area contributed by atoms with Crippen molar-refractivity contribution in [2.24, 2.45) is 5.73 Å². The molecule has 3 aliphatic heterocycles. The first-order chi connectivity index (χ1) is 35.1. The van der Waals surface area contributed by atoms with Crippen LogP contribution in [0.4, 0.5) is 22.7 Å². The number of allylic oxidation sites excluding steroid dienone is 1. The largest absolute Gasteiger partial charge is 0.493 e. The van der Waals surface area contributed by atoms with E-state index in [1.54, 1.807) is 44.5 Å². The number of carboxylic acids is 1. The molecule has 73 heavy (non-hydrogen) atoms. The monoisotopic (exact) mass is 1000 g/mol. The van der Waals surface area contributed by atoms with E-state index >= 15 is 0 Å². The van der Waals surface area contributed by atoms with Gasteiger partial charge in [-0.05, 0) is 97.3 Å². The maximum absolute atomic E-state index is 14.1. The molecule has 3 aliphatic rings. The Morgan fingerprint density at radius 3 is 2.19 bits per heavy atom. The van der Waals surface area contributed by atoms with Crippen LogP contribution in [0.3, 0.4) is 0 Å². The van der Waals surface area contributed by atoms with Crippen LogP contribution < -0.4 is 51.2 Å². The highest BCUT2D eigenvalue weighted by molar-refractivity contribution is 6.12. The molecular formula is C54H64N8O11. The van der Waals surface area contributed by atoms with Gasteiger partial charge in [-0.15, -0.1) is 0 Å². The number of unbranched alkanes of at least 4 members (excludes halogenated alkanes) is 1. The Morgan fingerprint density at radius 2 is 1.49 bits per heavy atom. The predicted octanol–water partition coefficient (Wildman–Crippen LogP) is 4.91. The molecule has 4 aromatic carbocycles. The third kappa shape index (κ3) is 13.5. The van der Waals surface area contributed by atoms with Crippen molar-refractivity contribution >= 4 is 58.3 Å². The Hall–Kier alpha value is -8.06. The van der Waals surface area contributed by atoms with E-state index in [0.717, 1.165) is 29.8 Å². The minimum Gasteiger partial charge on any atom is -0.493 e. The summed E-state index contributed by atoms with van der Waals surface area (Å²) in [7, 11) is 4.72. The van der Waals surface area contributed by atoms with Crippen LogP contribution in [0.15, 0.2) is 103 Å². The number of carbonyl (C=O) groups is 6. The van der Waals surface area contributed by atoms with Crippen LogP contribution in [0, 0.1) is 0 Å². The van der Waals surface area contributed by atoms with Gasteiger partial charge in [0.15, 0.2) is 11.5 Å². The number of nitrogens with two attached hydrogens (primary N) is 1. The molecule has 386 valence electrons. The molecule has 3 atom stereocenters. The summed E-state index contributed by atoms with van der Waals surface area (Å²) in [6, 6.07) is 25.2. The molecule has 7 N–H and O–H groups in total. The van der Waals surface area contributed by atoms with Crippen LogP contribution in [0.25, 0.3) is 0 Å². The molecule has 1 unspecified atom stereocenters. The van der Waals surface area contributed by atoms with Crippen LogP contribution in [0.1, 0.15) is 71.6 Å². The lowest BCUT2D eigenvalue weighted by atomic mass is 10.1. The number of amides is 5. The molecule has 5 amide bonds. The number of fused-ring (bicyclic) bond motifs is 5. The van der Waals surface area contributed by atoms with Crippen molar-refractivity contribution in [1.29, 1.82) is 0 Å². The molecule has 19 nitrogen and oxygen atoms in total. The highest BCUT2D eigenvalue weighted by Gasteiger charge is 2.38. The van der Waals surface area contributed by atoms with Gasteiger partial charge in [0.05, 0.1) is 44.0 Å². The lowest BCUT2D eigenvalue weighted by Crippen LogP contribution is -2.44. The van der Waals surface area contributed by atoms with Gasteiger partial charge in [-0.25, -0.2) is 0 Å². The van der Waals surface area contributed by atoms with E-state index in [9.17, 15) is 28.8 Å². The number of ether oxygens (including phenoxy) is 4. The van der Waals surface area contributed by atoms with Crippen molar-refractivity contribution < 1.29 is 52.8 Å². The molecule has 19 heteroatoms. The average molecular weight is 1000 g/mol. The zero-order valence-electron chi connectivity index (χ0n) is 41.7. The van der Waals surface area contributed by atoms with Crippen LogP contribution in [-0.2, 0) is 59.5 Å². The minimum atomic E-state index is -0.951. The molecule has 0 bridgehead atoms. The summed E-state index contributed by atoms with van der Waals surface area (Å²) in [4.78, 5) is 80.7. The fourth-order valence-electron chi connectivity index (χ4n) is 9.25. The van der Waals surface area contributed by atoms with Gasteiger partial charge in [0.1, 0.15) is 25.2 Å². The first-order valence-corrected chi connectivity index (χ1v) is 24.2. The Kier molecular flexibility index (Phi) is 17.6. The fraction of sp³-hybridized carbons (Fsp3) is 0.370. The van der Waals surface area contributed by atoms with Gasteiger partial charge in [0.2, 0.25) is 23.6 Å². The normalized spacial score (nSPS) is 15.8. The zero-order valence-corrected chi connectivity index (χ0v) is 41.7. The summed E-state index contributed by atoms with van der Waals surface area (Å²) < 4.78 is 24.2. The molecule has 0 spiro atoms. The number of nitrogens with one attached hydrogen (secondary N) is 4. The first kappa shape index (κ1) is 52.8. The lowest BCUT2D eigenvalue weighted by Gasteiger charge is -2.33. The smallest absolute Gasteiger partial charge is 0.303 e. The molecule has 0 fully saturated rings. The number of likely N-dealkylation sites (N-methyl/N-ethyl adjacent to an activating group) is 1. The van der Waals surface area contributed by atoms with Crippen molar-refractivity contribution in [3.8, 4) is 11.5 Å². The van der Waals surface area contributed by atoms with Crippen molar-refractivity contribution in [3.63, 3.8) is 0 Å². The van der Waals surface area contributed by atoms with Gasteiger partial charge in [-0.3, -0.25) is 28.8 Å². The van der Waals surface area contributed by atoms with Gasteiger partial charge in [-0.1, -0.05) is 43.0 Å². The summed E-state index contributed by atoms with van der Waals surface area (Å²) >= 11 is 0. The fourth-order valence-corrected chi connectivity index (χ4v) is 9.25. The molecule has 0 aromatic heterocycles. The van der Waals surface area contributed by atoms with E-state index in [0.29, 0.717) is 76.8 Å². The van der Waals surface area contributed by atoms with Crippen molar-refractivity contribution in [2.45, 2.75) is 83.4 Å². The van der Waals surface area contributed by atoms with Gasteiger partial charge < -0.3 is 65.8 Å². The maximum Gasteiger partial charge on any atom is 0.303 e. The lowest BCUT2D eigenvalue weighted by molar-refractivity contribution is -0.137. The highest BCUT2D eigenvalue weighted by atomic mass is 16.5. The molecule has 0 saturated heterocycles. The van der Waals surface area contributed by atoms with Crippen molar-refractivity contribution in [2.75, 3.05) is 67.5 Å². The van der Waals surface area contributed by atoms with E-state index < -0.39 is 42.7 Å². The second-order valence-electron chi connectivity index (χ2n) is 18.2. The number of hydrogen-bond donors (Lipinski definition) is 6. The van der Waals surface area contributed by atoms with Gasteiger partial charge >= 0.3 is 5.97 Å². The number of carbonyl (C=O) groups excluding carboxylic acids is 5. The molecule has 7 rings (SSSR count). The Labute approximate surface area is 424 Å². The van der Waals surface area contributed by atoms with E-state index in [2.05, 4.69) is 51.8 Å². The number of carboxylic acid groups (broad SMARTS) is 1. The maximum atomic E-state index is 14.1. The summed E-state index contributed by atoms with van der Waals surface area (Å²) in [5, 5.41) is 19.5. The molecule has 3 heterocycles. The highest BCUT2D eigenvalue weighted by Crippen LogP contribution is 2.41. The van der Waals surface area contributed by atoms with Crippen molar-refractivity contribution in [1.82, 2.24) is 16.0 Å². The number of anilines is 4. The number of nitrogens with zero attached hydrogens (tertiary/aromatic N) is 3. The summed E-state index contributed by atoms with van der Waals surface area (Å²) in [5.74, 6) is -2.19. The third-order valence-electron chi connectivity index (χ3n) is 12.9. The zero-order chi connectivity index (χ0) is 52.2. The number of rotatable bonds is 24. The molecule has 0 saturated carbocycles. The number of hydrogen-bond acceptors (Lipinski definition) is 13. The van der Waals surface area contributed by atoms with E-state index in [4.69, 9.17) is 29.8 Å². The summed E-state index contributed by atoms with van der Waals surface area (Å²) in [6.07, 6.45) is 4.07. The second kappa shape index (κ2) is 24.4. The number of methoxy groups -OCH3 is 2. The first-order valence-electron chi connectivity index (χ1n) is 24.2.